The fourth-order valence-corrected chi connectivity index (χ4v) is 4.39. The number of methoxy groups -OCH3 is 1. The molecule has 156 valence electrons. The summed E-state index contributed by atoms with van der Waals surface area (Å²) in [5, 5.41) is 2.95. The Balaban J connectivity index is 1.85. The largest absolute Gasteiger partial charge is 0.495 e. The molecule has 2 aromatic carbocycles. The highest BCUT2D eigenvalue weighted by molar-refractivity contribution is 7.92. The van der Waals surface area contributed by atoms with Crippen LogP contribution in [0.15, 0.2) is 36.4 Å². The van der Waals surface area contributed by atoms with Gasteiger partial charge in [-0.1, -0.05) is 11.6 Å². The molecule has 1 atom stereocenters. The van der Waals surface area contributed by atoms with Crippen molar-refractivity contribution in [3.05, 3.63) is 41.4 Å². The third-order valence-corrected chi connectivity index (χ3v) is 5.83. The van der Waals surface area contributed by atoms with E-state index in [1.807, 2.05) is 0 Å². The summed E-state index contributed by atoms with van der Waals surface area (Å²) in [6, 6.07) is 8.45. The zero-order valence-electron chi connectivity index (χ0n) is 16.1. The van der Waals surface area contributed by atoms with E-state index in [0.29, 0.717) is 36.1 Å². The molecule has 1 aliphatic heterocycles. The predicted octanol–water partition coefficient (Wildman–Crippen LogP) is 2.91. The highest BCUT2D eigenvalue weighted by Gasteiger charge is 2.30. The van der Waals surface area contributed by atoms with Gasteiger partial charge < -0.3 is 19.5 Å². The van der Waals surface area contributed by atoms with Crippen molar-refractivity contribution in [3.8, 4) is 17.2 Å². The van der Waals surface area contributed by atoms with Gasteiger partial charge in [0.25, 0.3) is 0 Å². The summed E-state index contributed by atoms with van der Waals surface area (Å²) in [5.41, 5.74) is 0.718. The molecule has 0 aliphatic carbocycles. The van der Waals surface area contributed by atoms with E-state index in [2.05, 4.69) is 5.32 Å². The molecule has 2 aromatic rings. The topological polar surface area (TPSA) is 94.2 Å². The van der Waals surface area contributed by atoms with Crippen molar-refractivity contribution in [1.82, 2.24) is 0 Å². The molecule has 0 bridgehead atoms. The van der Waals surface area contributed by atoms with Crippen LogP contribution >= 0.6 is 11.6 Å². The lowest BCUT2D eigenvalue weighted by Crippen LogP contribution is -2.45. The lowest BCUT2D eigenvalue weighted by Gasteiger charge is -2.28. The van der Waals surface area contributed by atoms with E-state index in [0.717, 1.165) is 10.6 Å². The molecule has 1 aliphatic rings. The van der Waals surface area contributed by atoms with Crippen LogP contribution in [0.3, 0.4) is 0 Å². The fraction of sp³-hybridized carbons (Fsp3) is 0.316. The molecule has 1 N–H and O–H groups in total. The van der Waals surface area contributed by atoms with Crippen LogP contribution in [0.4, 0.5) is 11.4 Å². The van der Waals surface area contributed by atoms with Crippen LogP contribution in [0.25, 0.3) is 0 Å². The first-order valence-electron chi connectivity index (χ1n) is 8.74. The predicted molar refractivity (Wildman–Crippen MR) is 111 cm³/mol. The molecule has 1 heterocycles. The maximum absolute atomic E-state index is 12.8. The first kappa shape index (κ1) is 21.1. The standard InChI is InChI=1S/C19H21ClN2O6S/c1-12(19(23)21-13-4-6-17-18(10-13)28-9-8-27-17)22(29(3,24)25)14-5-7-16(26-2)15(20)11-14/h4-7,10-12H,8-9H2,1-3H3,(H,21,23)/t12-/m0/s1. The minimum Gasteiger partial charge on any atom is -0.495 e. The average Bonchev–Trinajstić information content (AvgIpc) is 2.67. The molecule has 8 nitrogen and oxygen atoms in total. The van der Waals surface area contributed by atoms with Crippen LogP contribution < -0.4 is 23.8 Å². The zero-order valence-corrected chi connectivity index (χ0v) is 17.7. The highest BCUT2D eigenvalue weighted by Crippen LogP contribution is 2.34. The average molecular weight is 441 g/mol. The maximum atomic E-state index is 12.8. The Morgan fingerprint density at radius 1 is 1.17 bits per heavy atom. The van der Waals surface area contributed by atoms with E-state index in [1.165, 1.54) is 26.2 Å². The van der Waals surface area contributed by atoms with Gasteiger partial charge in [-0.15, -0.1) is 0 Å². The van der Waals surface area contributed by atoms with Gasteiger partial charge in [-0.05, 0) is 37.3 Å². The number of hydrogen-bond donors (Lipinski definition) is 1. The number of benzene rings is 2. The van der Waals surface area contributed by atoms with Gasteiger partial charge >= 0.3 is 0 Å². The van der Waals surface area contributed by atoms with Crippen molar-refractivity contribution >= 4 is 38.9 Å². The second-order valence-electron chi connectivity index (χ2n) is 6.40. The van der Waals surface area contributed by atoms with Gasteiger partial charge in [-0.3, -0.25) is 9.10 Å². The number of ether oxygens (including phenoxy) is 3. The number of nitrogens with one attached hydrogen (secondary N) is 1. The maximum Gasteiger partial charge on any atom is 0.247 e. The molecule has 29 heavy (non-hydrogen) atoms. The lowest BCUT2D eigenvalue weighted by atomic mass is 10.2. The summed E-state index contributed by atoms with van der Waals surface area (Å²) in [4.78, 5) is 12.8. The molecule has 1 amide bonds. The molecule has 0 aromatic heterocycles. The summed E-state index contributed by atoms with van der Waals surface area (Å²) in [5.74, 6) is 0.993. The molecule has 0 fully saturated rings. The Morgan fingerprint density at radius 2 is 1.86 bits per heavy atom. The van der Waals surface area contributed by atoms with Crippen LogP contribution in [-0.4, -0.2) is 46.9 Å². The Hall–Kier alpha value is -2.65. The van der Waals surface area contributed by atoms with E-state index in [1.54, 1.807) is 24.3 Å². The fourth-order valence-electron chi connectivity index (χ4n) is 2.97. The first-order chi connectivity index (χ1) is 13.7. The van der Waals surface area contributed by atoms with Gasteiger partial charge in [0.1, 0.15) is 25.0 Å². The van der Waals surface area contributed by atoms with Crippen molar-refractivity contribution in [2.45, 2.75) is 13.0 Å². The van der Waals surface area contributed by atoms with E-state index >= 15 is 0 Å². The van der Waals surface area contributed by atoms with Gasteiger partial charge in [0, 0.05) is 11.8 Å². The SMILES string of the molecule is COc1ccc(N([C@@H](C)C(=O)Nc2ccc3c(c2)OCCO3)S(C)(=O)=O)cc1Cl. The molecule has 0 unspecified atom stereocenters. The van der Waals surface area contributed by atoms with Crippen LogP contribution in [0.2, 0.25) is 5.02 Å². The summed E-state index contributed by atoms with van der Waals surface area (Å²) < 4.78 is 41.9. The molecule has 3 rings (SSSR count). The van der Waals surface area contributed by atoms with Crippen molar-refractivity contribution in [2.24, 2.45) is 0 Å². The molecule has 0 spiro atoms. The van der Waals surface area contributed by atoms with E-state index in [9.17, 15) is 13.2 Å². The number of halogens is 1. The lowest BCUT2D eigenvalue weighted by molar-refractivity contribution is -0.116. The van der Waals surface area contributed by atoms with Crippen LogP contribution in [-0.2, 0) is 14.8 Å². The summed E-state index contributed by atoms with van der Waals surface area (Å²) >= 11 is 6.13. The third-order valence-electron chi connectivity index (χ3n) is 4.29. The second-order valence-corrected chi connectivity index (χ2v) is 8.67. The molecule has 0 saturated heterocycles. The summed E-state index contributed by atoms with van der Waals surface area (Å²) in [7, 11) is -2.32. The van der Waals surface area contributed by atoms with Gasteiger partial charge in [-0.25, -0.2) is 8.42 Å². The van der Waals surface area contributed by atoms with Crippen LogP contribution in [0.5, 0.6) is 17.2 Å². The van der Waals surface area contributed by atoms with Gasteiger partial charge in [0.2, 0.25) is 15.9 Å². The normalized spacial score (nSPS) is 14.1. The quantitative estimate of drug-likeness (QED) is 0.742. The van der Waals surface area contributed by atoms with Gasteiger partial charge in [-0.2, -0.15) is 0 Å². The smallest absolute Gasteiger partial charge is 0.247 e. The van der Waals surface area contributed by atoms with Crippen molar-refractivity contribution in [3.63, 3.8) is 0 Å². The van der Waals surface area contributed by atoms with Gasteiger partial charge in [0.15, 0.2) is 11.5 Å². The van der Waals surface area contributed by atoms with Crippen LogP contribution in [0, 0.1) is 0 Å². The van der Waals surface area contributed by atoms with Crippen molar-refractivity contribution in [2.75, 3.05) is 36.2 Å². The summed E-state index contributed by atoms with van der Waals surface area (Å²) in [6.07, 6.45) is 1.03. The second kappa shape index (κ2) is 8.38. The van der Waals surface area contributed by atoms with Gasteiger partial charge in [0.05, 0.1) is 24.1 Å². The Kier molecular flexibility index (Phi) is 6.09. The minimum atomic E-state index is -3.78. The zero-order chi connectivity index (χ0) is 21.2. The highest BCUT2D eigenvalue weighted by atomic mass is 35.5. The molecular weight excluding hydrogens is 420 g/mol. The van der Waals surface area contributed by atoms with Crippen molar-refractivity contribution in [1.29, 1.82) is 0 Å². The Labute approximate surface area is 174 Å². The van der Waals surface area contributed by atoms with E-state index in [-0.39, 0.29) is 10.7 Å². The Bertz CT molecular complexity index is 1030. The van der Waals surface area contributed by atoms with E-state index < -0.39 is 22.0 Å². The summed E-state index contributed by atoms with van der Waals surface area (Å²) in [6.45, 7) is 2.37. The van der Waals surface area contributed by atoms with Crippen molar-refractivity contribution < 1.29 is 27.4 Å². The number of anilines is 2. The first-order valence-corrected chi connectivity index (χ1v) is 11.0. The minimum absolute atomic E-state index is 0.234. The molecular formula is C19H21ClN2O6S. The number of amides is 1. The third kappa shape index (κ3) is 4.68. The van der Waals surface area contributed by atoms with E-state index in [4.69, 9.17) is 25.8 Å². The monoisotopic (exact) mass is 440 g/mol. The molecule has 0 radical (unpaired) electrons. The number of fused-ring (bicyclic) bond motifs is 1. The number of carbonyl (C=O) groups excluding carboxylic acids is 1. The number of sulfonamides is 1. The number of carbonyl (C=O) groups is 1. The molecule has 0 saturated carbocycles. The van der Waals surface area contributed by atoms with Crippen LogP contribution in [0.1, 0.15) is 6.92 Å². The molecule has 10 heteroatoms. The number of nitrogens with zero attached hydrogens (tertiary/aromatic N) is 1. The Morgan fingerprint density at radius 3 is 2.48 bits per heavy atom. The number of rotatable bonds is 6. The number of hydrogen-bond acceptors (Lipinski definition) is 6.